The molecule has 1 atom stereocenters. The Kier molecular flexibility index (Phi) is 5.89. The molecule has 0 saturated heterocycles. The number of hydrogen-bond donors (Lipinski definition) is 3. The van der Waals surface area contributed by atoms with Crippen molar-refractivity contribution in [2.45, 2.75) is 26.3 Å². The molecule has 24 heavy (non-hydrogen) atoms. The molecule has 0 aromatic heterocycles. The smallest absolute Gasteiger partial charge is 0.262 e. The third kappa shape index (κ3) is 4.81. The number of anilines is 1. The number of carbonyl (C=O) groups is 1. The summed E-state index contributed by atoms with van der Waals surface area (Å²) >= 11 is 0. The van der Waals surface area contributed by atoms with Crippen LogP contribution in [0.5, 0.6) is 5.75 Å². The molecule has 2 aromatic rings. The van der Waals surface area contributed by atoms with Gasteiger partial charge in [0, 0.05) is 11.3 Å². The first-order valence-corrected chi connectivity index (χ1v) is 7.64. The molecule has 3 N–H and O–H groups in total. The lowest BCUT2D eigenvalue weighted by Crippen LogP contribution is -2.36. The van der Waals surface area contributed by atoms with Crippen molar-refractivity contribution in [2.24, 2.45) is 5.10 Å². The van der Waals surface area contributed by atoms with Gasteiger partial charge in [0.05, 0.1) is 6.21 Å². The van der Waals surface area contributed by atoms with Crippen LogP contribution < -0.4 is 10.7 Å². The van der Waals surface area contributed by atoms with Crippen LogP contribution in [0, 0.1) is 12.7 Å². The standard InChI is InChI=1S/C18H20FN3O2/c1-3-16(21-15-6-4-5-14(19)10-15)18(24)22-20-11-13-9-12(2)7-8-17(13)23/h4-11,16,21,23H,3H2,1-2H3,(H,22,24). The molecular weight excluding hydrogens is 309 g/mol. The minimum atomic E-state index is -0.546. The first-order chi connectivity index (χ1) is 11.5. The van der Waals surface area contributed by atoms with Crippen LogP contribution in [0.3, 0.4) is 0 Å². The topological polar surface area (TPSA) is 73.7 Å². The number of amides is 1. The van der Waals surface area contributed by atoms with Crippen molar-refractivity contribution in [1.29, 1.82) is 0 Å². The molecule has 1 unspecified atom stereocenters. The monoisotopic (exact) mass is 329 g/mol. The Bertz CT molecular complexity index is 747. The molecule has 2 rings (SSSR count). The van der Waals surface area contributed by atoms with Crippen LogP contribution in [0.25, 0.3) is 0 Å². The Hall–Kier alpha value is -2.89. The highest BCUT2D eigenvalue weighted by atomic mass is 19.1. The molecule has 5 nitrogen and oxygen atoms in total. The SMILES string of the molecule is CCC(Nc1cccc(F)c1)C(=O)NN=Cc1cc(C)ccc1O. The van der Waals surface area contributed by atoms with Gasteiger partial charge in [0.1, 0.15) is 17.6 Å². The van der Waals surface area contributed by atoms with Crippen LogP contribution in [-0.4, -0.2) is 23.3 Å². The predicted octanol–water partition coefficient (Wildman–Crippen LogP) is 3.18. The van der Waals surface area contributed by atoms with Gasteiger partial charge in [-0.1, -0.05) is 24.6 Å². The highest BCUT2D eigenvalue weighted by molar-refractivity contribution is 5.88. The first-order valence-electron chi connectivity index (χ1n) is 7.64. The van der Waals surface area contributed by atoms with Gasteiger partial charge >= 0.3 is 0 Å². The van der Waals surface area contributed by atoms with Crippen molar-refractivity contribution in [2.75, 3.05) is 5.32 Å². The maximum absolute atomic E-state index is 13.2. The van der Waals surface area contributed by atoms with Gasteiger partial charge in [-0.3, -0.25) is 4.79 Å². The summed E-state index contributed by atoms with van der Waals surface area (Å²) in [5, 5.41) is 16.6. The van der Waals surface area contributed by atoms with Crippen LogP contribution in [0.2, 0.25) is 0 Å². The van der Waals surface area contributed by atoms with E-state index >= 15 is 0 Å². The summed E-state index contributed by atoms with van der Waals surface area (Å²) in [7, 11) is 0. The summed E-state index contributed by atoms with van der Waals surface area (Å²) in [5.41, 5.74) is 4.44. The summed E-state index contributed by atoms with van der Waals surface area (Å²) < 4.78 is 13.2. The number of halogens is 1. The quantitative estimate of drug-likeness (QED) is 0.563. The Morgan fingerprint density at radius 1 is 1.33 bits per heavy atom. The number of hydrazone groups is 1. The number of aryl methyl sites for hydroxylation is 1. The van der Waals surface area contributed by atoms with E-state index in [1.54, 1.807) is 30.3 Å². The fourth-order valence-corrected chi connectivity index (χ4v) is 2.15. The molecule has 6 heteroatoms. The van der Waals surface area contributed by atoms with Gasteiger partial charge in [-0.25, -0.2) is 9.82 Å². The lowest BCUT2D eigenvalue weighted by atomic mass is 10.1. The van der Waals surface area contributed by atoms with Gasteiger partial charge in [-0.05, 0) is 43.7 Å². The minimum absolute atomic E-state index is 0.0866. The normalized spacial score (nSPS) is 12.1. The number of benzene rings is 2. The van der Waals surface area contributed by atoms with E-state index in [1.807, 2.05) is 13.8 Å². The van der Waals surface area contributed by atoms with Gasteiger partial charge in [0.2, 0.25) is 0 Å². The average molecular weight is 329 g/mol. The Labute approximate surface area is 140 Å². The van der Waals surface area contributed by atoms with Crippen LogP contribution in [0.15, 0.2) is 47.6 Å². The zero-order valence-electron chi connectivity index (χ0n) is 13.6. The molecule has 1 amide bonds. The number of phenols is 1. The highest BCUT2D eigenvalue weighted by Gasteiger charge is 2.15. The third-order valence-electron chi connectivity index (χ3n) is 3.45. The maximum atomic E-state index is 13.2. The number of nitrogens with one attached hydrogen (secondary N) is 2. The van der Waals surface area contributed by atoms with E-state index in [0.717, 1.165) is 5.56 Å². The summed E-state index contributed by atoms with van der Waals surface area (Å²) in [4.78, 5) is 12.2. The molecule has 0 spiro atoms. The van der Waals surface area contributed by atoms with Crippen molar-refractivity contribution in [3.05, 3.63) is 59.4 Å². The predicted molar refractivity (Wildman–Crippen MR) is 92.7 cm³/mol. The lowest BCUT2D eigenvalue weighted by Gasteiger charge is -2.16. The van der Waals surface area contributed by atoms with Crippen LogP contribution in [0.4, 0.5) is 10.1 Å². The molecule has 0 radical (unpaired) electrons. The third-order valence-corrected chi connectivity index (χ3v) is 3.45. The maximum Gasteiger partial charge on any atom is 0.262 e. The van der Waals surface area contributed by atoms with E-state index in [2.05, 4.69) is 15.8 Å². The van der Waals surface area contributed by atoms with Crippen molar-refractivity contribution in [3.8, 4) is 5.75 Å². The van der Waals surface area contributed by atoms with E-state index in [4.69, 9.17) is 0 Å². The van der Waals surface area contributed by atoms with E-state index in [0.29, 0.717) is 17.7 Å². The van der Waals surface area contributed by atoms with Gasteiger partial charge in [0.25, 0.3) is 5.91 Å². The molecule has 2 aromatic carbocycles. The second-order valence-electron chi connectivity index (χ2n) is 5.41. The number of aromatic hydroxyl groups is 1. The Morgan fingerprint density at radius 3 is 2.83 bits per heavy atom. The number of phenolic OH excluding ortho intramolecular Hbond substituents is 1. The molecule has 0 fully saturated rings. The number of nitrogens with zero attached hydrogens (tertiary/aromatic N) is 1. The van der Waals surface area contributed by atoms with Crippen molar-refractivity contribution >= 4 is 17.8 Å². The summed E-state index contributed by atoms with van der Waals surface area (Å²) in [6.45, 7) is 3.73. The van der Waals surface area contributed by atoms with Crippen molar-refractivity contribution in [3.63, 3.8) is 0 Å². The Balaban J connectivity index is 1.99. The van der Waals surface area contributed by atoms with Gasteiger partial charge in [0.15, 0.2) is 0 Å². The largest absolute Gasteiger partial charge is 0.507 e. The van der Waals surface area contributed by atoms with Crippen molar-refractivity contribution in [1.82, 2.24) is 5.43 Å². The molecule has 0 aliphatic carbocycles. The van der Waals surface area contributed by atoms with Gasteiger partial charge in [-0.15, -0.1) is 0 Å². The average Bonchev–Trinajstić information content (AvgIpc) is 2.55. The minimum Gasteiger partial charge on any atom is -0.507 e. The van der Waals surface area contributed by atoms with Crippen LogP contribution >= 0.6 is 0 Å². The zero-order valence-corrected chi connectivity index (χ0v) is 13.6. The van der Waals surface area contributed by atoms with Crippen LogP contribution in [-0.2, 0) is 4.79 Å². The number of carbonyl (C=O) groups excluding carboxylic acids is 1. The molecule has 0 aliphatic heterocycles. The Morgan fingerprint density at radius 2 is 2.12 bits per heavy atom. The van der Waals surface area contributed by atoms with E-state index in [-0.39, 0.29) is 17.5 Å². The summed E-state index contributed by atoms with van der Waals surface area (Å²) in [5.74, 6) is -0.628. The van der Waals surface area contributed by atoms with E-state index in [1.165, 1.54) is 18.3 Å². The number of hydrogen-bond acceptors (Lipinski definition) is 4. The molecule has 0 saturated carbocycles. The van der Waals surface area contributed by atoms with Crippen molar-refractivity contribution < 1.29 is 14.3 Å². The van der Waals surface area contributed by atoms with Crippen LogP contribution in [0.1, 0.15) is 24.5 Å². The molecule has 0 bridgehead atoms. The van der Waals surface area contributed by atoms with Gasteiger partial charge < -0.3 is 10.4 Å². The molecule has 126 valence electrons. The summed E-state index contributed by atoms with van der Waals surface area (Å²) in [6, 6.07) is 10.5. The fraction of sp³-hybridized carbons (Fsp3) is 0.222. The van der Waals surface area contributed by atoms with E-state index < -0.39 is 6.04 Å². The molecule has 0 heterocycles. The molecule has 0 aliphatic rings. The lowest BCUT2D eigenvalue weighted by molar-refractivity contribution is -0.121. The second kappa shape index (κ2) is 8.10. The zero-order chi connectivity index (χ0) is 17.5. The fourth-order valence-electron chi connectivity index (χ4n) is 2.15. The second-order valence-corrected chi connectivity index (χ2v) is 5.41. The van der Waals surface area contributed by atoms with Gasteiger partial charge in [-0.2, -0.15) is 5.10 Å². The van der Waals surface area contributed by atoms with E-state index in [9.17, 15) is 14.3 Å². The first kappa shape index (κ1) is 17.5. The summed E-state index contributed by atoms with van der Waals surface area (Å²) in [6.07, 6.45) is 1.89. The molecular formula is C18H20FN3O2. The number of rotatable bonds is 6. The highest BCUT2D eigenvalue weighted by Crippen LogP contribution is 2.16.